The van der Waals surface area contributed by atoms with Crippen molar-refractivity contribution in [1.82, 2.24) is 4.90 Å². The van der Waals surface area contributed by atoms with E-state index in [0.717, 1.165) is 17.0 Å². The van der Waals surface area contributed by atoms with Gasteiger partial charge in [0.2, 0.25) is 0 Å². The number of furan rings is 1. The van der Waals surface area contributed by atoms with Crippen LogP contribution in [0.3, 0.4) is 0 Å². The van der Waals surface area contributed by atoms with Crippen LogP contribution < -0.4 is 0 Å². The molecule has 3 aromatic rings. The molecule has 0 fully saturated rings. The zero-order valence-corrected chi connectivity index (χ0v) is 13.8. The fraction of sp³-hybridized carbons (Fsp3) is 0.167. The summed E-state index contributed by atoms with van der Waals surface area (Å²) in [7, 11) is 0. The number of carbonyl (C=O) groups excluding carboxylic acids is 1. The Bertz CT molecular complexity index is 790. The smallest absolute Gasteiger partial charge is 0.416 e. The first-order valence-electron chi connectivity index (χ1n) is 7.45. The highest BCUT2D eigenvalue weighted by Crippen LogP contribution is 2.30. The van der Waals surface area contributed by atoms with E-state index in [2.05, 4.69) is 0 Å². The highest BCUT2D eigenvalue weighted by Gasteiger charge is 2.31. The van der Waals surface area contributed by atoms with Crippen LogP contribution in [0.4, 0.5) is 13.2 Å². The lowest BCUT2D eigenvalue weighted by molar-refractivity contribution is -0.137. The molecule has 3 rings (SSSR count). The van der Waals surface area contributed by atoms with Gasteiger partial charge in [-0.15, -0.1) is 11.3 Å². The summed E-state index contributed by atoms with van der Waals surface area (Å²) in [6.07, 6.45) is -3.00. The Morgan fingerprint density at radius 1 is 1.08 bits per heavy atom. The summed E-state index contributed by atoms with van der Waals surface area (Å²) < 4.78 is 44.0. The van der Waals surface area contributed by atoms with Crippen LogP contribution in [-0.4, -0.2) is 10.8 Å². The molecule has 3 nitrogen and oxygen atoms in total. The van der Waals surface area contributed by atoms with E-state index < -0.39 is 17.6 Å². The Morgan fingerprint density at radius 2 is 1.92 bits per heavy atom. The van der Waals surface area contributed by atoms with Gasteiger partial charge in [-0.1, -0.05) is 12.1 Å². The number of carbonyl (C=O) groups is 1. The third-order valence-electron chi connectivity index (χ3n) is 3.58. The van der Waals surface area contributed by atoms with Crippen LogP contribution >= 0.6 is 11.3 Å². The maximum absolute atomic E-state index is 12.9. The van der Waals surface area contributed by atoms with E-state index in [4.69, 9.17) is 4.42 Å². The van der Waals surface area contributed by atoms with Gasteiger partial charge in [0.25, 0.3) is 5.91 Å². The van der Waals surface area contributed by atoms with Crippen molar-refractivity contribution in [3.8, 4) is 0 Å². The molecule has 0 N–H and O–H groups in total. The Labute approximate surface area is 146 Å². The highest BCUT2D eigenvalue weighted by atomic mass is 32.1. The second kappa shape index (κ2) is 7.14. The summed E-state index contributed by atoms with van der Waals surface area (Å²) in [6.45, 7) is 0.480. The molecule has 0 unspecified atom stereocenters. The van der Waals surface area contributed by atoms with Gasteiger partial charge in [-0.3, -0.25) is 4.79 Å². The Kier molecular flexibility index (Phi) is 4.94. The number of alkyl halides is 3. The second-order valence-electron chi connectivity index (χ2n) is 5.40. The van der Waals surface area contributed by atoms with Crippen molar-refractivity contribution >= 4 is 17.2 Å². The number of amides is 1. The van der Waals surface area contributed by atoms with Gasteiger partial charge in [0.05, 0.1) is 24.9 Å². The predicted octanol–water partition coefficient (Wildman–Crippen LogP) is 5.20. The van der Waals surface area contributed by atoms with Crippen molar-refractivity contribution in [2.75, 3.05) is 0 Å². The monoisotopic (exact) mass is 365 g/mol. The third kappa shape index (κ3) is 4.30. The molecule has 0 aliphatic rings. The number of rotatable bonds is 5. The van der Waals surface area contributed by atoms with Gasteiger partial charge >= 0.3 is 6.18 Å². The quantitative estimate of drug-likeness (QED) is 0.622. The molecule has 0 bridgehead atoms. The average molecular weight is 365 g/mol. The van der Waals surface area contributed by atoms with Gasteiger partial charge in [0.1, 0.15) is 5.76 Å². The molecule has 130 valence electrons. The molecule has 0 radical (unpaired) electrons. The van der Waals surface area contributed by atoms with Crippen LogP contribution in [0.15, 0.2) is 64.6 Å². The third-order valence-corrected chi connectivity index (χ3v) is 4.44. The topological polar surface area (TPSA) is 33.5 Å². The largest absolute Gasteiger partial charge is 0.467 e. The molecule has 25 heavy (non-hydrogen) atoms. The number of nitrogens with zero attached hydrogens (tertiary/aromatic N) is 1. The lowest BCUT2D eigenvalue weighted by atomic mass is 10.1. The molecule has 7 heteroatoms. The maximum Gasteiger partial charge on any atom is 0.416 e. The Morgan fingerprint density at radius 3 is 2.56 bits per heavy atom. The van der Waals surface area contributed by atoms with Gasteiger partial charge < -0.3 is 9.32 Å². The number of halogens is 3. The van der Waals surface area contributed by atoms with Gasteiger partial charge in [-0.2, -0.15) is 13.2 Å². The van der Waals surface area contributed by atoms with Crippen LogP contribution in [0.1, 0.15) is 26.6 Å². The normalized spacial score (nSPS) is 11.5. The minimum Gasteiger partial charge on any atom is -0.467 e. The fourth-order valence-corrected chi connectivity index (χ4v) is 3.11. The van der Waals surface area contributed by atoms with Crippen molar-refractivity contribution in [3.63, 3.8) is 0 Å². The Hall–Kier alpha value is -2.54. The lowest BCUT2D eigenvalue weighted by Crippen LogP contribution is -2.30. The molecule has 1 amide bonds. The maximum atomic E-state index is 12.9. The first-order valence-corrected chi connectivity index (χ1v) is 8.33. The van der Waals surface area contributed by atoms with E-state index in [9.17, 15) is 18.0 Å². The van der Waals surface area contributed by atoms with Crippen molar-refractivity contribution in [1.29, 1.82) is 0 Å². The number of hydrogen-bond donors (Lipinski definition) is 0. The molecule has 0 saturated carbocycles. The average Bonchev–Trinajstić information content (AvgIpc) is 3.27. The van der Waals surface area contributed by atoms with Gasteiger partial charge in [0, 0.05) is 10.4 Å². The predicted molar refractivity (Wildman–Crippen MR) is 88.0 cm³/mol. The molecule has 0 atom stereocenters. The van der Waals surface area contributed by atoms with E-state index >= 15 is 0 Å². The van der Waals surface area contributed by atoms with E-state index in [1.54, 1.807) is 12.1 Å². The molecular weight excluding hydrogens is 351 g/mol. The molecule has 2 heterocycles. The van der Waals surface area contributed by atoms with E-state index in [1.165, 1.54) is 34.6 Å². The van der Waals surface area contributed by atoms with Crippen molar-refractivity contribution in [2.45, 2.75) is 19.3 Å². The fourth-order valence-electron chi connectivity index (χ4n) is 2.39. The van der Waals surface area contributed by atoms with Crippen molar-refractivity contribution in [2.24, 2.45) is 0 Å². The summed E-state index contributed by atoms with van der Waals surface area (Å²) in [4.78, 5) is 15.2. The van der Waals surface area contributed by atoms with Crippen molar-refractivity contribution < 1.29 is 22.4 Å². The van der Waals surface area contributed by atoms with E-state index in [0.29, 0.717) is 12.3 Å². The lowest BCUT2D eigenvalue weighted by Gasteiger charge is -2.21. The van der Waals surface area contributed by atoms with E-state index in [1.807, 2.05) is 17.5 Å². The van der Waals surface area contributed by atoms with Crippen LogP contribution in [0.5, 0.6) is 0 Å². The summed E-state index contributed by atoms with van der Waals surface area (Å²) in [5, 5.41) is 1.88. The van der Waals surface area contributed by atoms with Gasteiger partial charge in [0.15, 0.2) is 0 Å². The molecular formula is C18H14F3NO2S. The molecule has 0 spiro atoms. The van der Waals surface area contributed by atoms with Crippen LogP contribution in [0, 0.1) is 0 Å². The second-order valence-corrected chi connectivity index (χ2v) is 6.43. The standard InChI is InChI=1S/C18H14F3NO2S/c19-18(20,21)14-5-1-4-13(10-14)17(23)22(11-15-6-2-8-24-15)12-16-7-3-9-25-16/h1-10H,11-12H2. The van der Waals surface area contributed by atoms with Crippen LogP contribution in [-0.2, 0) is 19.3 Å². The highest BCUT2D eigenvalue weighted by molar-refractivity contribution is 7.09. The van der Waals surface area contributed by atoms with Crippen molar-refractivity contribution in [3.05, 3.63) is 81.9 Å². The summed E-state index contributed by atoms with van der Waals surface area (Å²) in [5.41, 5.74) is -0.842. The van der Waals surface area contributed by atoms with Gasteiger partial charge in [-0.25, -0.2) is 0 Å². The van der Waals surface area contributed by atoms with Crippen LogP contribution in [0.25, 0.3) is 0 Å². The van der Waals surface area contributed by atoms with Crippen LogP contribution in [0.2, 0.25) is 0 Å². The minimum absolute atomic E-state index is 0.00191. The van der Waals surface area contributed by atoms with Gasteiger partial charge in [-0.05, 0) is 41.8 Å². The zero-order valence-electron chi connectivity index (χ0n) is 13.0. The first-order chi connectivity index (χ1) is 11.9. The summed E-state index contributed by atoms with van der Waals surface area (Å²) in [6, 6.07) is 11.6. The number of thiophene rings is 1. The molecule has 0 aliphatic heterocycles. The summed E-state index contributed by atoms with van der Waals surface area (Å²) >= 11 is 1.48. The minimum atomic E-state index is -4.49. The Balaban J connectivity index is 1.88. The number of benzene rings is 1. The molecule has 0 saturated heterocycles. The molecule has 2 aromatic heterocycles. The summed E-state index contributed by atoms with van der Waals surface area (Å²) in [5.74, 6) is 0.0905. The molecule has 1 aromatic carbocycles. The number of hydrogen-bond acceptors (Lipinski definition) is 3. The molecule has 0 aliphatic carbocycles. The zero-order chi connectivity index (χ0) is 17.9. The first kappa shape index (κ1) is 17.3. The SMILES string of the molecule is O=C(c1cccc(C(F)(F)F)c1)N(Cc1ccco1)Cc1cccs1. The van der Waals surface area contributed by atoms with E-state index in [-0.39, 0.29) is 12.1 Å².